The second-order valence-corrected chi connectivity index (χ2v) is 6.55. The highest BCUT2D eigenvalue weighted by Gasteiger charge is 2.21. The van der Waals surface area contributed by atoms with Gasteiger partial charge >= 0.3 is 0 Å². The Bertz CT molecular complexity index is 829. The molecule has 0 unspecified atom stereocenters. The summed E-state index contributed by atoms with van der Waals surface area (Å²) in [6.07, 6.45) is 0.800. The van der Waals surface area contributed by atoms with E-state index in [-0.39, 0.29) is 18.1 Å². The van der Waals surface area contributed by atoms with E-state index in [1.165, 1.54) is 23.8 Å². The van der Waals surface area contributed by atoms with E-state index in [9.17, 15) is 9.18 Å². The first kappa shape index (κ1) is 18.5. The molecule has 2 aromatic carbocycles. The molecule has 1 N–H and O–H groups in total. The maximum atomic E-state index is 13.7. The number of benzene rings is 2. The Morgan fingerprint density at radius 2 is 1.88 bits per heavy atom. The normalized spacial score (nSPS) is 13.8. The molecular formula is C19H20ClFN2O3. The lowest BCUT2D eigenvalue weighted by Gasteiger charge is -2.29. The molecule has 1 aliphatic heterocycles. The third-order valence-electron chi connectivity index (χ3n) is 4.37. The standard InChI is InChI=1S/C19H20ClFN2O3/c1-25-17-7-12-5-6-23(10-13(12)8-18(17)26-2)11-19(24)22-16-9-14(20)3-4-15(16)21/h3-4,7-9H,5-6,10-11H2,1-2H3,(H,22,24). The monoisotopic (exact) mass is 378 g/mol. The van der Waals surface area contributed by atoms with Gasteiger partial charge in [-0.1, -0.05) is 11.6 Å². The van der Waals surface area contributed by atoms with Crippen LogP contribution in [0.3, 0.4) is 0 Å². The van der Waals surface area contributed by atoms with Crippen LogP contribution in [0.2, 0.25) is 5.02 Å². The lowest BCUT2D eigenvalue weighted by molar-refractivity contribution is -0.117. The number of rotatable bonds is 5. The molecule has 26 heavy (non-hydrogen) atoms. The molecule has 1 heterocycles. The van der Waals surface area contributed by atoms with Crippen LogP contribution in [0.5, 0.6) is 11.5 Å². The van der Waals surface area contributed by atoms with Crippen molar-refractivity contribution in [2.45, 2.75) is 13.0 Å². The highest BCUT2D eigenvalue weighted by atomic mass is 35.5. The summed E-state index contributed by atoms with van der Waals surface area (Å²) < 4.78 is 24.4. The third kappa shape index (κ3) is 4.08. The van der Waals surface area contributed by atoms with Crippen molar-refractivity contribution in [1.82, 2.24) is 4.90 Å². The first-order valence-electron chi connectivity index (χ1n) is 8.21. The van der Waals surface area contributed by atoms with Crippen LogP contribution in [-0.4, -0.2) is 38.1 Å². The number of methoxy groups -OCH3 is 2. The molecule has 0 radical (unpaired) electrons. The number of hydrogen-bond donors (Lipinski definition) is 1. The van der Waals surface area contributed by atoms with Gasteiger partial charge in [0.05, 0.1) is 26.5 Å². The van der Waals surface area contributed by atoms with Gasteiger partial charge in [-0.25, -0.2) is 4.39 Å². The fraction of sp³-hybridized carbons (Fsp3) is 0.316. The summed E-state index contributed by atoms with van der Waals surface area (Å²) in [5, 5.41) is 2.95. The Kier molecular flexibility index (Phi) is 5.64. The van der Waals surface area contributed by atoms with Crippen molar-refractivity contribution < 1.29 is 18.7 Å². The smallest absolute Gasteiger partial charge is 0.238 e. The number of halogens is 2. The Morgan fingerprint density at radius 3 is 2.58 bits per heavy atom. The van der Waals surface area contributed by atoms with Gasteiger partial charge in [0, 0.05) is 18.1 Å². The summed E-state index contributed by atoms with van der Waals surface area (Å²) in [7, 11) is 3.20. The van der Waals surface area contributed by atoms with Crippen molar-refractivity contribution in [2.24, 2.45) is 0 Å². The number of anilines is 1. The van der Waals surface area contributed by atoms with Crippen LogP contribution in [0.15, 0.2) is 30.3 Å². The average Bonchev–Trinajstić information content (AvgIpc) is 2.63. The molecule has 1 aliphatic rings. The van der Waals surface area contributed by atoms with Crippen molar-refractivity contribution in [3.63, 3.8) is 0 Å². The first-order chi connectivity index (χ1) is 12.5. The van der Waals surface area contributed by atoms with Crippen LogP contribution in [0, 0.1) is 5.82 Å². The zero-order valence-corrected chi connectivity index (χ0v) is 15.4. The van der Waals surface area contributed by atoms with Gasteiger partial charge < -0.3 is 14.8 Å². The van der Waals surface area contributed by atoms with E-state index in [0.717, 1.165) is 18.5 Å². The second kappa shape index (κ2) is 7.93. The number of hydrogen-bond acceptors (Lipinski definition) is 4. The van der Waals surface area contributed by atoms with Crippen molar-refractivity contribution in [1.29, 1.82) is 0 Å². The Morgan fingerprint density at radius 1 is 1.19 bits per heavy atom. The van der Waals surface area contributed by atoms with E-state index >= 15 is 0 Å². The summed E-state index contributed by atoms with van der Waals surface area (Å²) in [6.45, 7) is 1.51. The molecule has 0 fully saturated rings. The number of carbonyl (C=O) groups is 1. The number of carbonyl (C=O) groups excluding carboxylic acids is 1. The lowest BCUT2D eigenvalue weighted by Crippen LogP contribution is -2.37. The molecule has 0 saturated heterocycles. The van der Waals surface area contributed by atoms with Crippen LogP contribution in [-0.2, 0) is 17.8 Å². The Hall–Kier alpha value is -2.31. The van der Waals surface area contributed by atoms with Gasteiger partial charge in [-0.2, -0.15) is 0 Å². The number of nitrogens with zero attached hydrogens (tertiary/aromatic N) is 1. The molecular weight excluding hydrogens is 359 g/mol. The van der Waals surface area contributed by atoms with Crippen molar-refractivity contribution in [3.8, 4) is 11.5 Å². The van der Waals surface area contributed by atoms with E-state index in [1.807, 2.05) is 17.0 Å². The maximum Gasteiger partial charge on any atom is 0.238 e. The van der Waals surface area contributed by atoms with Crippen LogP contribution < -0.4 is 14.8 Å². The fourth-order valence-electron chi connectivity index (χ4n) is 3.06. The minimum absolute atomic E-state index is 0.0892. The molecule has 1 amide bonds. The highest BCUT2D eigenvalue weighted by molar-refractivity contribution is 6.30. The first-order valence-corrected chi connectivity index (χ1v) is 8.59. The second-order valence-electron chi connectivity index (χ2n) is 6.11. The fourth-order valence-corrected chi connectivity index (χ4v) is 3.23. The average molecular weight is 379 g/mol. The van der Waals surface area contributed by atoms with Crippen molar-refractivity contribution >= 4 is 23.2 Å². The Balaban J connectivity index is 1.67. The zero-order valence-electron chi connectivity index (χ0n) is 14.6. The molecule has 3 rings (SSSR count). The van der Waals surface area contributed by atoms with Gasteiger partial charge in [-0.05, 0) is 47.9 Å². The van der Waals surface area contributed by atoms with E-state index in [2.05, 4.69) is 5.32 Å². The van der Waals surface area contributed by atoms with Gasteiger partial charge in [-0.15, -0.1) is 0 Å². The predicted octanol–water partition coefficient (Wildman–Crippen LogP) is 3.49. The quantitative estimate of drug-likeness (QED) is 0.865. The molecule has 0 bridgehead atoms. The minimum atomic E-state index is -0.511. The summed E-state index contributed by atoms with van der Waals surface area (Å²) in [5.74, 6) is 0.575. The topological polar surface area (TPSA) is 50.8 Å². The summed E-state index contributed by atoms with van der Waals surface area (Å²) in [5.41, 5.74) is 2.36. The molecule has 0 saturated carbocycles. The molecule has 0 aromatic heterocycles. The SMILES string of the molecule is COc1cc2c(cc1OC)CN(CC(=O)Nc1cc(Cl)ccc1F)CC2. The maximum absolute atomic E-state index is 13.7. The number of amides is 1. The molecule has 2 aromatic rings. The number of fused-ring (bicyclic) bond motifs is 1. The molecule has 0 atom stereocenters. The van der Waals surface area contributed by atoms with E-state index < -0.39 is 5.82 Å². The van der Waals surface area contributed by atoms with Crippen LogP contribution in [0.4, 0.5) is 10.1 Å². The van der Waals surface area contributed by atoms with Gasteiger partial charge in [0.25, 0.3) is 0 Å². The van der Waals surface area contributed by atoms with Gasteiger partial charge in [0.1, 0.15) is 5.82 Å². The Labute approximate surface area is 156 Å². The highest BCUT2D eigenvalue weighted by Crippen LogP contribution is 2.33. The predicted molar refractivity (Wildman–Crippen MR) is 98.6 cm³/mol. The number of nitrogens with one attached hydrogen (secondary N) is 1. The molecule has 138 valence electrons. The number of ether oxygens (including phenoxy) is 2. The summed E-state index contributed by atoms with van der Waals surface area (Å²) in [4.78, 5) is 14.3. The van der Waals surface area contributed by atoms with E-state index in [4.69, 9.17) is 21.1 Å². The molecule has 0 aliphatic carbocycles. The summed E-state index contributed by atoms with van der Waals surface area (Å²) >= 11 is 5.85. The van der Waals surface area contributed by atoms with Crippen LogP contribution in [0.25, 0.3) is 0 Å². The van der Waals surface area contributed by atoms with Crippen molar-refractivity contribution in [2.75, 3.05) is 32.6 Å². The van der Waals surface area contributed by atoms with Gasteiger partial charge in [-0.3, -0.25) is 9.69 Å². The van der Waals surface area contributed by atoms with Gasteiger partial charge in [0.15, 0.2) is 11.5 Å². The largest absolute Gasteiger partial charge is 0.493 e. The third-order valence-corrected chi connectivity index (χ3v) is 4.60. The summed E-state index contributed by atoms with van der Waals surface area (Å²) in [6, 6.07) is 7.99. The van der Waals surface area contributed by atoms with E-state index in [0.29, 0.717) is 23.1 Å². The van der Waals surface area contributed by atoms with Crippen LogP contribution in [0.1, 0.15) is 11.1 Å². The molecule has 7 heteroatoms. The lowest BCUT2D eigenvalue weighted by atomic mass is 9.99. The van der Waals surface area contributed by atoms with Crippen LogP contribution >= 0.6 is 11.6 Å². The zero-order chi connectivity index (χ0) is 18.7. The minimum Gasteiger partial charge on any atom is -0.493 e. The van der Waals surface area contributed by atoms with Gasteiger partial charge in [0.2, 0.25) is 5.91 Å². The van der Waals surface area contributed by atoms with Crippen molar-refractivity contribution in [3.05, 3.63) is 52.3 Å². The molecule has 0 spiro atoms. The van der Waals surface area contributed by atoms with E-state index in [1.54, 1.807) is 14.2 Å². The molecule has 5 nitrogen and oxygen atoms in total.